The van der Waals surface area contributed by atoms with Gasteiger partial charge in [0.15, 0.2) is 5.13 Å². The van der Waals surface area contributed by atoms with Crippen molar-refractivity contribution in [3.63, 3.8) is 0 Å². The second-order valence-corrected chi connectivity index (χ2v) is 4.80. The van der Waals surface area contributed by atoms with Gasteiger partial charge in [0, 0.05) is 17.0 Å². The van der Waals surface area contributed by atoms with Gasteiger partial charge in [0.2, 0.25) is 0 Å². The van der Waals surface area contributed by atoms with E-state index in [2.05, 4.69) is 15.3 Å². The highest BCUT2D eigenvalue weighted by molar-refractivity contribution is 7.13. The number of hydrogen-bond donors (Lipinski definition) is 2. The molecule has 3 rings (SSSR count). The maximum Gasteiger partial charge on any atom is 0.258 e. The van der Waals surface area contributed by atoms with Crippen molar-refractivity contribution in [2.75, 3.05) is 11.1 Å². The van der Waals surface area contributed by atoms with E-state index in [1.807, 2.05) is 24.3 Å². The van der Waals surface area contributed by atoms with E-state index in [4.69, 9.17) is 5.73 Å². The van der Waals surface area contributed by atoms with Crippen molar-refractivity contribution in [2.24, 2.45) is 0 Å². The van der Waals surface area contributed by atoms with Crippen molar-refractivity contribution >= 4 is 39.1 Å². The number of rotatable bonds is 2. The summed E-state index contributed by atoms with van der Waals surface area (Å²) in [7, 11) is 0. The number of carbonyl (C=O) groups is 1. The minimum Gasteiger partial charge on any atom is -0.384 e. The highest BCUT2D eigenvalue weighted by Crippen LogP contribution is 2.21. The fourth-order valence-electron chi connectivity index (χ4n) is 1.83. The minimum atomic E-state index is -0.236. The van der Waals surface area contributed by atoms with Crippen LogP contribution in [-0.4, -0.2) is 15.9 Å². The van der Waals surface area contributed by atoms with Gasteiger partial charge in [-0.05, 0) is 12.1 Å². The Labute approximate surface area is 113 Å². The molecule has 0 unspecified atom stereocenters. The number of carbonyl (C=O) groups excluding carboxylic acids is 1. The number of benzene rings is 1. The van der Waals surface area contributed by atoms with Crippen LogP contribution in [-0.2, 0) is 0 Å². The fraction of sp³-hybridized carbons (Fsp3) is 0. The third-order valence-corrected chi connectivity index (χ3v) is 3.32. The third-order valence-electron chi connectivity index (χ3n) is 2.63. The molecule has 0 atom stereocenters. The van der Waals surface area contributed by atoms with Crippen LogP contribution in [0.2, 0.25) is 0 Å². The van der Waals surface area contributed by atoms with Crippen molar-refractivity contribution in [1.82, 2.24) is 9.97 Å². The largest absolute Gasteiger partial charge is 0.384 e. The van der Waals surface area contributed by atoms with Crippen molar-refractivity contribution < 1.29 is 4.79 Å². The Morgan fingerprint density at radius 3 is 2.95 bits per heavy atom. The minimum absolute atomic E-state index is 0.236. The maximum absolute atomic E-state index is 12.3. The number of fused-ring (bicyclic) bond motifs is 1. The molecule has 2 heterocycles. The lowest BCUT2D eigenvalue weighted by molar-refractivity contribution is 0.102. The number of pyridine rings is 1. The van der Waals surface area contributed by atoms with E-state index in [1.165, 1.54) is 11.3 Å². The summed E-state index contributed by atoms with van der Waals surface area (Å²) in [5, 5.41) is 5.87. The van der Waals surface area contributed by atoms with E-state index in [-0.39, 0.29) is 5.91 Å². The molecular formula is C13H10N4OS. The summed E-state index contributed by atoms with van der Waals surface area (Å²) in [5.41, 5.74) is 6.93. The molecule has 94 valence electrons. The molecule has 5 nitrogen and oxygen atoms in total. The number of nitrogen functional groups attached to an aromatic ring is 1. The number of nitrogens with two attached hydrogens (primary N) is 1. The number of nitrogens with zero attached hydrogens (tertiary/aromatic N) is 2. The molecule has 3 N–H and O–H groups in total. The van der Waals surface area contributed by atoms with E-state index in [0.29, 0.717) is 22.0 Å². The van der Waals surface area contributed by atoms with Crippen molar-refractivity contribution in [1.29, 1.82) is 0 Å². The van der Waals surface area contributed by atoms with Gasteiger partial charge in [0.05, 0.1) is 11.1 Å². The number of aromatic nitrogens is 2. The SMILES string of the molecule is Nc1cc(C(=O)Nc2nccs2)c2ccccc2n1. The van der Waals surface area contributed by atoms with Gasteiger partial charge in [-0.25, -0.2) is 9.97 Å². The van der Waals surface area contributed by atoms with Crippen LogP contribution in [0.25, 0.3) is 10.9 Å². The van der Waals surface area contributed by atoms with E-state index in [9.17, 15) is 4.79 Å². The van der Waals surface area contributed by atoms with Gasteiger partial charge in [-0.15, -0.1) is 11.3 Å². The lowest BCUT2D eigenvalue weighted by atomic mass is 10.1. The van der Waals surface area contributed by atoms with Crippen LogP contribution in [0.4, 0.5) is 10.9 Å². The summed E-state index contributed by atoms with van der Waals surface area (Å²) in [4.78, 5) is 20.5. The zero-order chi connectivity index (χ0) is 13.2. The van der Waals surface area contributed by atoms with Gasteiger partial charge in [-0.3, -0.25) is 10.1 Å². The molecule has 0 saturated heterocycles. The van der Waals surface area contributed by atoms with Gasteiger partial charge < -0.3 is 5.73 Å². The zero-order valence-corrected chi connectivity index (χ0v) is 10.6. The predicted octanol–water partition coefficient (Wildman–Crippen LogP) is 2.53. The first-order valence-electron chi connectivity index (χ1n) is 5.60. The first-order valence-corrected chi connectivity index (χ1v) is 6.48. The van der Waals surface area contributed by atoms with E-state index >= 15 is 0 Å². The average molecular weight is 270 g/mol. The van der Waals surface area contributed by atoms with Gasteiger partial charge in [0.25, 0.3) is 5.91 Å². The monoisotopic (exact) mass is 270 g/mol. The highest BCUT2D eigenvalue weighted by Gasteiger charge is 2.13. The van der Waals surface area contributed by atoms with Crippen LogP contribution in [0.5, 0.6) is 0 Å². The van der Waals surface area contributed by atoms with Crippen LogP contribution in [0.1, 0.15) is 10.4 Å². The molecular weight excluding hydrogens is 260 g/mol. The van der Waals surface area contributed by atoms with Crippen LogP contribution in [0, 0.1) is 0 Å². The summed E-state index contributed by atoms with van der Waals surface area (Å²) >= 11 is 1.37. The van der Waals surface area contributed by atoms with Crippen LogP contribution in [0.3, 0.4) is 0 Å². The molecule has 19 heavy (non-hydrogen) atoms. The van der Waals surface area contributed by atoms with Gasteiger partial charge in [-0.1, -0.05) is 18.2 Å². The maximum atomic E-state index is 12.3. The Balaban J connectivity index is 2.06. The van der Waals surface area contributed by atoms with Crippen LogP contribution < -0.4 is 11.1 Å². The second kappa shape index (κ2) is 4.66. The Hall–Kier alpha value is -2.47. The number of para-hydroxylation sites is 1. The smallest absolute Gasteiger partial charge is 0.258 e. The predicted molar refractivity (Wildman–Crippen MR) is 76.2 cm³/mol. The summed E-state index contributed by atoms with van der Waals surface area (Å²) in [6, 6.07) is 8.97. The topological polar surface area (TPSA) is 80.9 Å². The molecule has 6 heteroatoms. The molecule has 0 spiro atoms. The molecule has 0 aliphatic carbocycles. The lowest BCUT2D eigenvalue weighted by Gasteiger charge is -2.07. The van der Waals surface area contributed by atoms with Gasteiger partial charge in [-0.2, -0.15) is 0 Å². The van der Waals surface area contributed by atoms with Gasteiger partial charge >= 0.3 is 0 Å². The molecule has 0 radical (unpaired) electrons. The molecule has 1 aromatic carbocycles. The number of hydrogen-bond acceptors (Lipinski definition) is 5. The van der Waals surface area contributed by atoms with E-state index < -0.39 is 0 Å². The Morgan fingerprint density at radius 1 is 1.32 bits per heavy atom. The highest BCUT2D eigenvalue weighted by atomic mass is 32.1. The molecule has 2 aromatic heterocycles. The summed E-state index contributed by atoms with van der Waals surface area (Å²) < 4.78 is 0. The lowest BCUT2D eigenvalue weighted by Crippen LogP contribution is -2.13. The average Bonchev–Trinajstić information content (AvgIpc) is 2.90. The Bertz CT molecular complexity index is 739. The van der Waals surface area contributed by atoms with Crippen LogP contribution in [0.15, 0.2) is 41.9 Å². The molecule has 0 aliphatic heterocycles. The molecule has 0 bridgehead atoms. The molecule has 1 amide bonds. The number of amides is 1. The quantitative estimate of drug-likeness (QED) is 0.749. The first-order chi connectivity index (χ1) is 9.24. The number of nitrogens with one attached hydrogen (secondary N) is 1. The fourth-order valence-corrected chi connectivity index (χ4v) is 2.36. The number of thiazole rings is 1. The molecule has 3 aromatic rings. The third kappa shape index (κ3) is 2.25. The second-order valence-electron chi connectivity index (χ2n) is 3.90. The first kappa shape index (κ1) is 11.6. The van der Waals surface area contributed by atoms with E-state index in [0.717, 1.165) is 5.39 Å². The van der Waals surface area contributed by atoms with Crippen molar-refractivity contribution in [2.45, 2.75) is 0 Å². The number of anilines is 2. The van der Waals surface area contributed by atoms with E-state index in [1.54, 1.807) is 17.6 Å². The van der Waals surface area contributed by atoms with Crippen LogP contribution >= 0.6 is 11.3 Å². The Morgan fingerprint density at radius 2 is 2.16 bits per heavy atom. The Kier molecular flexibility index (Phi) is 2.85. The molecule has 0 saturated carbocycles. The molecule has 0 aliphatic rings. The van der Waals surface area contributed by atoms with Crippen molar-refractivity contribution in [3.8, 4) is 0 Å². The summed E-state index contributed by atoms with van der Waals surface area (Å²) in [6.07, 6.45) is 1.64. The van der Waals surface area contributed by atoms with Gasteiger partial charge in [0.1, 0.15) is 5.82 Å². The molecule has 0 fully saturated rings. The summed E-state index contributed by atoms with van der Waals surface area (Å²) in [6.45, 7) is 0. The standard InChI is InChI=1S/C13H10N4OS/c14-11-7-9(8-3-1-2-4-10(8)16-11)12(18)17-13-15-5-6-19-13/h1-7H,(H2,14,16)(H,15,17,18). The zero-order valence-electron chi connectivity index (χ0n) is 9.83. The van der Waals surface area contributed by atoms with Crippen molar-refractivity contribution in [3.05, 3.63) is 47.5 Å². The normalized spacial score (nSPS) is 10.5. The summed E-state index contributed by atoms with van der Waals surface area (Å²) in [5.74, 6) is 0.0863.